The van der Waals surface area contributed by atoms with Crippen molar-refractivity contribution in [3.8, 4) is 0 Å². The monoisotopic (exact) mass is 300 g/mol. The maximum atomic E-state index is 11.8. The van der Waals surface area contributed by atoms with Crippen LogP contribution in [0.25, 0.3) is 0 Å². The molecule has 0 spiro atoms. The van der Waals surface area contributed by atoms with Crippen LogP contribution >= 0.6 is 15.9 Å². The first-order valence-electron chi connectivity index (χ1n) is 5.56. The van der Waals surface area contributed by atoms with Gasteiger partial charge in [-0.2, -0.15) is 0 Å². The molecule has 0 saturated heterocycles. The van der Waals surface area contributed by atoms with Gasteiger partial charge >= 0.3 is 0 Å². The van der Waals surface area contributed by atoms with E-state index in [9.17, 15) is 9.90 Å². The summed E-state index contributed by atoms with van der Waals surface area (Å²) < 4.78 is 0.811. The van der Waals surface area contributed by atoms with E-state index in [1.807, 2.05) is 6.92 Å². The maximum absolute atomic E-state index is 11.8. The van der Waals surface area contributed by atoms with Gasteiger partial charge in [0.15, 0.2) is 0 Å². The first-order valence-corrected chi connectivity index (χ1v) is 6.35. The zero-order chi connectivity index (χ0) is 12.8. The number of hydrogen-bond donors (Lipinski definition) is 3. The number of benzene rings is 1. The molecule has 4 nitrogen and oxygen atoms in total. The van der Waals surface area contributed by atoms with Crippen molar-refractivity contribution >= 4 is 27.5 Å². The minimum absolute atomic E-state index is 0.216. The number of amides is 1. The molecule has 0 bridgehead atoms. The van der Waals surface area contributed by atoms with Crippen LogP contribution in [0.3, 0.4) is 0 Å². The fourth-order valence-corrected chi connectivity index (χ4v) is 1.74. The number of aliphatic hydroxyl groups is 1. The highest BCUT2D eigenvalue weighted by atomic mass is 79.9. The zero-order valence-electron chi connectivity index (χ0n) is 9.74. The molecule has 4 N–H and O–H groups in total. The Balaban J connectivity index is 2.55. The van der Waals surface area contributed by atoms with E-state index in [0.717, 1.165) is 4.47 Å². The van der Waals surface area contributed by atoms with Crippen molar-refractivity contribution in [1.29, 1.82) is 0 Å². The smallest absolute Gasteiger partial charge is 0.253 e. The van der Waals surface area contributed by atoms with Gasteiger partial charge in [-0.25, -0.2) is 0 Å². The van der Waals surface area contributed by atoms with Crippen LogP contribution in [0.15, 0.2) is 22.7 Å². The van der Waals surface area contributed by atoms with E-state index in [0.29, 0.717) is 30.6 Å². The van der Waals surface area contributed by atoms with E-state index >= 15 is 0 Å². The molecule has 1 atom stereocenters. The topological polar surface area (TPSA) is 75.3 Å². The third-order valence-corrected chi connectivity index (χ3v) is 2.99. The Kier molecular flexibility index (Phi) is 5.44. The van der Waals surface area contributed by atoms with Crippen molar-refractivity contribution in [2.45, 2.75) is 25.9 Å². The van der Waals surface area contributed by atoms with Gasteiger partial charge in [-0.15, -0.1) is 0 Å². The Hall–Kier alpha value is -1.07. The van der Waals surface area contributed by atoms with E-state index in [2.05, 4.69) is 21.2 Å². The van der Waals surface area contributed by atoms with Gasteiger partial charge in [-0.3, -0.25) is 4.79 Å². The molecule has 1 aromatic carbocycles. The number of hydrogen-bond acceptors (Lipinski definition) is 3. The lowest BCUT2D eigenvalue weighted by molar-refractivity contribution is 0.0943. The van der Waals surface area contributed by atoms with Gasteiger partial charge in [-0.05, 0) is 31.0 Å². The van der Waals surface area contributed by atoms with E-state index in [4.69, 9.17) is 5.73 Å². The fourth-order valence-electron chi connectivity index (χ4n) is 1.38. The molecular weight excluding hydrogens is 284 g/mol. The molecule has 0 aliphatic rings. The van der Waals surface area contributed by atoms with Crippen LogP contribution in [0.4, 0.5) is 5.69 Å². The van der Waals surface area contributed by atoms with E-state index < -0.39 is 0 Å². The Morgan fingerprint density at radius 3 is 2.94 bits per heavy atom. The molecule has 0 aliphatic heterocycles. The third kappa shape index (κ3) is 4.36. The van der Waals surface area contributed by atoms with Crippen LogP contribution in [-0.2, 0) is 0 Å². The third-order valence-electron chi connectivity index (χ3n) is 2.49. The van der Waals surface area contributed by atoms with Gasteiger partial charge in [0.25, 0.3) is 5.91 Å². The van der Waals surface area contributed by atoms with Gasteiger partial charge in [-0.1, -0.05) is 22.9 Å². The number of nitrogens with two attached hydrogens (primary N) is 1. The molecule has 0 aromatic heterocycles. The SMILES string of the molecule is CCC(O)CCNC(=O)c1cc(Br)ccc1N. The van der Waals surface area contributed by atoms with Gasteiger partial charge < -0.3 is 16.2 Å². The van der Waals surface area contributed by atoms with Crippen LogP contribution in [0.5, 0.6) is 0 Å². The highest BCUT2D eigenvalue weighted by Crippen LogP contribution is 2.18. The molecule has 0 fully saturated rings. The summed E-state index contributed by atoms with van der Waals surface area (Å²) in [6.07, 6.45) is 0.876. The molecule has 17 heavy (non-hydrogen) atoms. The van der Waals surface area contributed by atoms with E-state index in [1.54, 1.807) is 18.2 Å². The number of carbonyl (C=O) groups excluding carboxylic acids is 1. The number of halogens is 1. The van der Waals surface area contributed by atoms with Gasteiger partial charge in [0.1, 0.15) is 0 Å². The predicted molar refractivity (Wildman–Crippen MR) is 71.8 cm³/mol. The Labute approximate surface area is 109 Å². The molecule has 0 saturated carbocycles. The molecule has 1 rings (SSSR count). The summed E-state index contributed by atoms with van der Waals surface area (Å²) in [5.41, 5.74) is 6.61. The minimum Gasteiger partial charge on any atom is -0.398 e. The summed E-state index contributed by atoms with van der Waals surface area (Å²) in [6.45, 7) is 2.35. The van der Waals surface area contributed by atoms with Crippen LogP contribution in [-0.4, -0.2) is 23.7 Å². The normalized spacial score (nSPS) is 12.2. The lowest BCUT2D eigenvalue weighted by Gasteiger charge is -2.10. The summed E-state index contributed by atoms with van der Waals surface area (Å²) in [5, 5.41) is 12.1. The Morgan fingerprint density at radius 2 is 2.29 bits per heavy atom. The molecule has 0 heterocycles. The summed E-state index contributed by atoms with van der Waals surface area (Å²) in [6, 6.07) is 5.15. The Morgan fingerprint density at radius 1 is 1.59 bits per heavy atom. The van der Waals surface area contributed by atoms with E-state index in [1.165, 1.54) is 0 Å². The number of rotatable bonds is 5. The van der Waals surface area contributed by atoms with Crippen molar-refractivity contribution in [2.75, 3.05) is 12.3 Å². The molecular formula is C12H17BrN2O2. The number of carbonyl (C=O) groups is 1. The molecule has 1 aromatic rings. The Bertz CT molecular complexity index is 396. The molecule has 0 aliphatic carbocycles. The second-order valence-electron chi connectivity index (χ2n) is 3.84. The first-order chi connectivity index (χ1) is 8.04. The van der Waals surface area contributed by atoms with Crippen molar-refractivity contribution in [2.24, 2.45) is 0 Å². The van der Waals surface area contributed by atoms with Crippen LogP contribution in [0, 0.1) is 0 Å². The highest BCUT2D eigenvalue weighted by molar-refractivity contribution is 9.10. The van der Waals surface area contributed by atoms with Crippen molar-refractivity contribution < 1.29 is 9.90 Å². The second-order valence-corrected chi connectivity index (χ2v) is 4.75. The zero-order valence-corrected chi connectivity index (χ0v) is 11.3. The number of nitrogen functional groups attached to an aromatic ring is 1. The average molecular weight is 301 g/mol. The number of nitrogens with one attached hydrogen (secondary N) is 1. The number of aliphatic hydroxyl groups excluding tert-OH is 1. The van der Waals surface area contributed by atoms with Crippen LogP contribution in [0.1, 0.15) is 30.1 Å². The van der Waals surface area contributed by atoms with Gasteiger partial charge in [0.2, 0.25) is 0 Å². The summed E-state index contributed by atoms with van der Waals surface area (Å²) in [7, 11) is 0. The minimum atomic E-state index is -0.366. The molecule has 94 valence electrons. The van der Waals surface area contributed by atoms with Crippen molar-refractivity contribution in [3.63, 3.8) is 0 Å². The predicted octanol–water partition coefficient (Wildman–Crippen LogP) is 1.92. The molecule has 0 radical (unpaired) electrons. The summed E-state index contributed by atoms with van der Waals surface area (Å²) >= 11 is 3.29. The maximum Gasteiger partial charge on any atom is 0.253 e. The van der Waals surface area contributed by atoms with E-state index in [-0.39, 0.29) is 12.0 Å². The van der Waals surface area contributed by atoms with Gasteiger partial charge in [0, 0.05) is 16.7 Å². The van der Waals surface area contributed by atoms with Crippen LogP contribution in [0.2, 0.25) is 0 Å². The lowest BCUT2D eigenvalue weighted by Crippen LogP contribution is -2.27. The molecule has 1 unspecified atom stereocenters. The quantitative estimate of drug-likeness (QED) is 0.727. The van der Waals surface area contributed by atoms with Crippen LogP contribution < -0.4 is 11.1 Å². The van der Waals surface area contributed by atoms with Gasteiger partial charge in [0.05, 0.1) is 11.7 Å². The average Bonchev–Trinajstić information content (AvgIpc) is 2.31. The van der Waals surface area contributed by atoms with Crippen molar-refractivity contribution in [1.82, 2.24) is 5.32 Å². The molecule has 5 heteroatoms. The second kappa shape index (κ2) is 6.61. The number of anilines is 1. The fraction of sp³-hybridized carbons (Fsp3) is 0.417. The largest absolute Gasteiger partial charge is 0.398 e. The molecule has 1 amide bonds. The summed E-state index contributed by atoms with van der Waals surface area (Å²) in [4.78, 5) is 11.8. The standard InChI is InChI=1S/C12H17BrN2O2/c1-2-9(16)5-6-15-12(17)10-7-8(13)3-4-11(10)14/h3-4,7,9,16H,2,5-6,14H2,1H3,(H,15,17). The van der Waals surface area contributed by atoms with Crippen molar-refractivity contribution in [3.05, 3.63) is 28.2 Å². The lowest BCUT2D eigenvalue weighted by atomic mass is 10.1. The first kappa shape index (κ1) is 14.0. The highest BCUT2D eigenvalue weighted by Gasteiger charge is 2.10. The summed E-state index contributed by atoms with van der Waals surface area (Å²) in [5.74, 6) is -0.216.